The average Bonchev–Trinajstić information content (AvgIpc) is 2.40. The lowest BCUT2D eigenvalue weighted by atomic mass is 10.1. The van der Waals surface area contributed by atoms with Crippen LogP contribution in [0.2, 0.25) is 0 Å². The van der Waals surface area contributed by atoms with E-state index >= 15 is 0 Å². The Bertz CT molecular complexity index is 416. The molecular weight excluding hydrogens is 311 g/mol. The van der Waals surface area contributed by atoms with Crippen LogP contribution in [0.15, 0.2) is 4.60 Å². The van der Waals surface area contributed by atoms with E-state index in [9.17, 15) is 22.0 Å². The van der Waals surface area contributed by atoms with Gasteiger partial charge < -0.3 is 0 Å². The van der Waals surface area contributed by atoms with Crippen LogP contribution >= 0.6 is 15.9 Å². The molecule has 0 amide bonds. The van der Waals surface area contributed by atoms with E-state index < -0.39 is 34.0 Å². The SMILES string of the molecule is CC(C)(C)n1nc(Br)c(C(F)(F)F)c1C(F)F. The maximum atomic E-state index is 12.8. The van der Waals surface area contributed by atoms with Gasteiger partial charge in [0.1, 0.15) is 15.9 Å². The maximum Gasteiger partial charge on any atom is 0.421 e. The highest BCUT2D eigenvalue weighted by molar-refractivity contribution is 9.10. The first-order valence-corrected chi connectivity index (χ1v) is 5.39. The van der Waals surface area contributed by atoms with Crippen molar-refractivity contribution in [1.82, 2.24) is 9.78 Å². The van der Waals surface area contributed by atoms with Crippen molar-refractivity contribution in [2.45, 2.75) is 38.9 Å². The van der Waals surface area contributed by atoms with E-state index in [-0.39, 0.29) is 0 Å². The van der Waals surface area contributed by atoms with Gasteiger partial charge in [-0.15, -0.1) is 0 Å². The average molecular weight is 321 g/mol. The van der Waals surface area contributed by atoms with E-state index in [1.165, 1.54) is 20.8 Å². The molecule has 2 nitrogen and oxygen atoms in total. The van der Waals surface area contributed by atoms with Crippen LogP contribution in [0.5, 0.6) is 0 Å². The van der Waals surface area contributed by atoms with Crippen LogP contribution in [0.25, 0.3) is 0 Å². The van der Waals surface area contributed by atoms with Gasteiger partial charge in [0.05, 0.1) is 5.54 Å². The number of halogens is 6. The van der Waals surface area contributed by atoms with Crippen LogP contribution in [-0.4, -0.2) is 9.78 Å². The van der Waals surface area contributed by atoms with Crippen LogP contribution in [-0.2, 0) is 11.7 Å². The fraction of sp³-hybridized carbons (Fsp3) is 0.667. The summed E-state index contributed by atoms with van der Waals surface area (Å²) in [6, 6.07) is 0. The molecule has 0 radical (unpaired) electrons. The summed E-state index contributed by atoms with van der Waals surface area (Å²) in [5.74, 6) is 0. The Kier molecular flexibility index (Phi) is 3.58. The van der Waals surface area contributed by atoms with Gasteiger partial charge in [0.2, 0.25) is 0 Å². The fourth-order valence-electron chi connectivity index (χ4n) is 1.38. The summed E-state index contributed by atoms with van der Waals surface area (Å²) in [7, 11) is 0. The third-order valence-electron chi connectivity index (χ3n) is 2.00. The molecule has 0 unspecified atom stereocenters. The van der Waals surface area contributed by atoms with Crippen molar-refractivity contribution in [2.24, 2.45) is 0 Å². The number of hydrogen-bond acceptors (Lipinski definition) is 1. The summed E-state index contributed by atoms with van der Waals surface area (Å²) in [6.07, 6.45) is -8.11. The standard InChI is InChI=1S/C9H10BrF5N2/c1-8(2,3)17-5(7(11)12)4(6(10)16-17)9(13,14)15/h7H,1-3H3. The summed E-state index contributed by atoms with van der Waals surface area (Å²) in [6.45, 7) is 4.50. The first-order valence-electron chi connectivity index (χ1n) is 4.60. The molecule has 0 aliphatic carbocycles. The van der Waals surface area contributed by atoms with Gasteiger partial charge >= 0.3 is 6.18 Å². The zero-order valence-corrected chi connectivity index (χ0v) is 10.8. The predicted octanol–water partition coefficient (Wildman–Crippen LogP) is 4.36. The van der Waals surface area contributed by atoms with Crippen molar-refractivity contribution in [1.29, 1.82) is 0 Å². The lowest BCUT2D eigenvalue weighted by Crippen LogP contribution is -2.26. The van der Waals surface area contributed by atoms with Gasteiger partial charge in [-0.05, 0) is 36.7 Å². The van der Waals surface area contributed by atoms with E-state index in [1.807, 2.05) is 0 Å². The molecule has 0 N–H and O–H groups in total. The summed E-state index contributed by atoms with van der Waals surface area (Å²) in [4.78, 5) is 0. The second kappa shape index (κ2) is 4.22. The topological polar surface area (TPSA) is 17.8 Å². The molecule has 98 valence electrons. The van der Waals surface area contributed by atoms with Gasteiger partial charge in [-0.1, -0.05) is 0 Å². The molecule has 0 bridgehead atoms. The van der Waals surface area contributed by atoms with Crippen molar-refractivity contribution >= 4 is 15.9 Å². The number of alkyl halides is 5. The fourth-order valence-corrected chi connectivity index (χ4v) is 1.96. The Morgan fingerprint density at radius 1 is 1.18 bits per heavy atom. The van der Waals surface area contributed by atoms with Crippen molar-refractivity contribution in [3.63, 3.8) is 0 Å². The zero-order valence-electron chi connectivity index (χ0n) is 9.24. The minimum atomic E-state index is -4.87. The molecule has 1 aromatic rings. The quantitative estimate of drug-likeness (QED) is 0.703. The molecular formula is C9H10BrF5N2. The molecule has 0 atom stereocenters. The van der Waals surface area contributed by atoms with E-state index in [0.29, 0.717) is 4.68 Å². The summed E-state index contributed by atoms with van der Waals surface area (Å²) >= 11 is 2.58. The molecule has 17 heavy (non-hydrogen) atoms. The second-order valence-electron chi connectivity index (χ2n) is 4.43. The minimum absolute atomic E-state index is 0.616. The van der Waals surface area contributed by atoms with Crippen LogP contribution < -0.4 is 0 Å². The molecule has 0 aromatic carbocycles. The molecule has 1 heterocycles. The summed E-state index contributed by atoms with van der Waals surface area (Å²) in [5.41, 5.74) is -3.49. The highest BCUT2D eigenvalue weighted by Gasteiger charge is 2.43. The molecule has 1 rings (SSSR count). The molecule has 0 aliphatic rings. The Labute approximate surface area is 103 Å². The van der Waals surface area contributed by atoms with Gasteiger partial charge in [-0.3, -0.25) is 4.68 Å². The highest BCUT2D eigenvalue weighted by Crippen LogP contribution is 2.42. The van der Waals surface area contributed by atoms with Gasteiger partial charge in [0, 0.05) is 0 Å². The highest BCUT2D eigenvalue weighted by atomic mass is 79.9. The van der Waals surface area contributed by atoms with Crippen molar-refractivity contribution < 1.29 is 22.0 Å². The Balaban J connectivity index is 3.58. The first kappa shape index (κ1) is 14.4. The van der Waals surface area contributed by atoms with Crippen LogP contribution in [0.1, 0.15) is 38.5 Å². The largest absolute Gasteiger partial charge is 0.421 e. The van der Waals surface area contributed by atoms with Crippen molar-refractivity contribution in [3.05, 3.63) is 15.9 Å². The molecule has 8 heteroatoms. The molecule has 0 aliphatic heterocycles. The van der Waals surface area contributed by atoms with E-state index in [1.54, 1.807) is 0 Å². The maximum absolute atomic E-state index is 12.8. The summed E-state index contributed by atoms with van der Waals surface area (Å²) < 4.78 is 63.6. The molecule has 1 aromatic heterocycles. The van der Waals surface area contributed by atoms with Crippen LogP contribution in [0, 0.1) is 0 Å². The Hall–Kier alpha value is -0.660. The molecule has 0 saturated carbocycles. The van der Waals surface area contributed by atoms with Gasteiger partial charge in [-0.25, -0.2) is 8.78 Å². The third kappa shape index (κ3) is 2.78. The van der Waals surface area contributed by atoms with Crippen molar-refractivity contribution in [3.8, 4) is 0 Å². The van der Waals surface area contributed by atoms with Crippen LogP contribution in [0.3, 0.4) is 0 Å². The van der Waals surface area contributed by atoms with Gasteiger partial charge in [-0.2, -0.15) is 18.3 Å². The molecule has 0 spiro atoms. The third-order valence-corrected chi connectivity index (χ3v) is 2.56. The Morgan fingerprint density at radius 3 is 1.94 bits per heavy atom. The van der Waals surface area contributed by atoms with E-state index in [0.717, 1.165) is 0 Å². The van der Waals surface area contributed by atoms with Gasteiger partial charge in [0.25, 0.3) is 6.43 Å². The minimum Gasteiger partial charge on any atom is -0.257 e. The number of rotatable bonds is 1. The molecule has 0 fully saturated rings. The lowest BCUT2D eigenvalue weighted by Gasteiger charge is -2.22. The predicted molar refractivity (Wildman–Crippen MR) is 54.9 cm³/mol. The molecule has 0 saturated heterocycles. The Morgan fingerprint density at radius 2 is 1.65 bits per heavy atom. The first-order chi connectivity index (χ1) is 7.46. The van der Waals surface area contributed by atoms with Gasteiger partial charge in [0.15, 0.2) is 0 Å². The number of hydrogen-bond donors (Lipinski definition) is 0. The number of aromatic nitrogens is 2. The summed E-state index contributed by atoms with van der Waals surface area (Å²) in [5, 5.41) is 3.50. The smallest absolute Gasteiger partial charge is 0.257 e. The van der Waals surface area contributed by atoms with Crippen LogP contribution in [0.4, 0.5) is 22.0 Å². The van der Waals surface area contributed by atoms with Crippen molar-refractivity contribution in [2.75, 3.05) is 0 Å². The monoisotopic (exact) mass is 320 g/mol. The lowest BCUT2D eigenvalue weighted by molar-refractivity contribution is -0.140. The van der Waals surface area contributed by atoms with E-state index in [2.05, 4.69) is 21.0 Å². The number of nitrogens with zero attached hydrogens (tertiary/aromatic N) is 2. The zero-order chi connectivity index (χ0) is 13.6. The van der Waals surface area contributed by atoms with E-state index in [4.69, 9.17) is 0 Å². The normalized spacial score (nSPS) is 13.5. The second-order valence-corrected chi connectivity index (χ2v) is 5.18.